The molecule has 1 aliphatic carbocycles. The molecule has 1 fully saturated rings. The summed E-state index contributed by atoms with van der Waals surface area (Å²) in [5.74, 6) is 2.51. The first kappa shape index (κ1) is 10.7. The topological polar surface area (TPSA) is 37.8 Å². The van der Waals surface area contributed by atoms with E-state index in [1.807, 2.05) is 6.92 Å². The average Bonchev–Trinajstić information content (AvgIpc) is 2.14. The monoisotopic (exact) mass is 225 g/mol. The first-order valence-electron chi connectivity index (χ1n) is 5.47. The van der Waals surface area contributed by atoms with E-state index in [-0.39, 0.29) is 0 Å². The molecule has 1 saturated carbocycles. The van der Waals surface area contributed by atoms with Crippen LogP contribution in [0.25, 0.3) is 0 Å². The van der Waals surface area contributed by atoms with Crippen molar-refractivity contribution in [2.24, 2.45) is 5.92 Å². The second-order valence-corrected chi connectivity index (χ2v) is 4.65. The lowest BCUT2D eigenvalue weighted by Gasteiger charge is -2.33. The number of anilines is 1. The van der Waals surface area contributed by atoms with Gasteiger partial charge >= 0.3 is 0 Å². The summed E-state index contributed by atoms with van der Waals surface area (Å²) < 4.78 is 0. The highest BCUT2D eigenvalue weighted by molar-refractivity contribution is 6.29. The van der Waals surface area contributed by atoms with Gasteiger partial charge in [0, 0.05) is 18.5 Å². The molecule has 0 saturated heterocycles. The van der Waals surface area contributed by atoms with Crippen molar-refractivity contribution in [1.82, 2.24) is 9.97 Å². The summed E-state index contributed by atoms with van der Waals surface area (Å²) in [5, 5.41) is 3.91. The van der Waals surface area contributed by atoms with Gasteiger partial charge in [0.05, 0.1) is 0 Å². The van der Waals surface area contributed by atoms with Gasteiger partial charge in [-0.3, -0.25) is 0 Å². The standard InChI is InChI=1S/C11H16ClN3/c1-3-10-14-9(12)6-11(15-10)13-8-4-7(2)5-8/h6-8H,3-5H2,1-2H3,(H,13,14,15). The molecule has 15 heavy (non-hydrogen) atoms. The zero-order valence-electron chi connectivity index (χ0n) is 9.13. The van der Waals surface area contributed by atoms with Crippen molar-refractivity contribution in [2.45, 2.75) is 39.2 Å². The zero-order valence-corrected chi connectivity index (χ0v) is 9.88. The molecule has 0 unspecified atom stereocenters. The fourth-order valence-corrected chi connectivity index (χ4v) is 2.13. The van der Waals surface area contributed by atoms with E-state index in [9.17, 15) is 0 Å². The highest BCUT2D eigenvalue weighted by Gasteiger charge is 2.25. The van der Waals surface area contributed by atoms with Gasteiger partial charge < -0.3 is 5.32 Å². The quantitative estimate of drug-likeness (QED) is 0.804. The third-order valence-electron chi connectivity index (χ3n) is 2.78. The maximum absolute atomic E-state index is 5.91. The van der Waals surface area contributed by atoms with E-state index >= 15 is 0 Å². The lowest BCUT2D eigenvalue weighted by molar-refractivity contribution is 0.308. The second-order valence-electron chi connectivity index (χ2n) is 4.26. The van der Waals surface area contributed by atoms with Gasteiger partial charge in [-0.15, -0.1) is 0 Å². The Balaban J connectivity index is 2.04. The fraction of sp³-hybridized carbons (Fsp3) is 0.636. The second kappa shape index (κ2) is 4.35. The predicted octanol–water partition coefficient (Wildman–Crippen LogP) is 2.90. The minimum absolute atomic E-state index is 0.525. The van der Waals surface area contributed by atoms with Crippen LogP contribution in [0.5, 0.6) is 0 Å². The summed E-state index contributed by atoms with van der Waals surface area (Å²) in [5.41, 5.74) is 0. The Morgan fingerprint density at radius 2 is 2.20 bits per heavy atom. The van der Waals surface area contributed by atoms with Gasteiger partial charge in [-0.05, 0) is 18.8 Å². The van der Waals surface area contributed by atoms with Crippen LogP contribution in [-0.4, -0.2) is 16.0 Å². The Kier molecular flexibility index (Phi) is 3.10. The van der Waals surface area contributed by atoms with Crippen LogP contribution in [0, 0.1) is 5.92 Å². The Morgan fingerprint density at radius 1 is 1.47 bits per heavy atom. The van der Waals surface area contributed by atoms with E-state index in [0.29, 0.717) is 11.2 Å². The normalized spacial score (nSPS) is 24.7. The minimum atomic E-state index is 0.525. The van der Waals surface area contributed by atoms with E-state index < -0.39 is 0 Å². The van der Waals surface area contributed by atoms with Crippen molar-refractivity contribution in [2.75, 3.05) is 5.32 Å². The molecule has 0 bridgehead atoms. The van der Waals surface area contributed by atoms with Crippen LogP contribution in [0.4, 0.5) is 5.82 Å². The number of halogens is 1. The van der Waals surface area contributed by atoms with Gasteiger partial charge in [0.25, 0.3) is 0 Å². The molecule has 1 heterocycles. The zero-order chi connectivity index (χ0) is 10.8. The van der Waals surface area contributed by atoms with Crippen molar-refractivity contribution < 1.29 is 0 Å². The van der Waals surface area contributed by atoms with E-state index in [4.69, 9.17) is 11.6 Å². The van der Waals surface area contributed by atoms with Crippen LogP contribution >= 0.6 is 11.6 Å². The third-order valence-corrected chi connectivity index (χ3v) is 2.98. The van der Waals surface area contributed by atoms with Crippen molar-refractivity contribution >= 4 is 17.4 Å². The maximum Gasteiger partial charge on any atom is 0.134 e. The average molecular weight is 226 g/mol. The summed E-state index contributed by atoms with van der Waals surface area (Å²) in [7, 11) is 0. The van der Waals surface area contributed by atoms with E-state index in [1.165, 1.54) is 12.8 Å². The van der Waals surface area contributed by atoms with E-state index in [1.54, 1.807) is 6.07 Å². The Morgan fingerprint density at radius 3 is 2.80 bits per heavy atom. The molecule has 2 rings (SSSR count). The summed E-state index contributed by atoms with van der Waals surface area (Å²) in [6.45, 7) is 4.30. The Bertz CT molecular complexity index is 348. The SMILES string of the molecule is CCc1nc(Cl)cc(NC2CC(C)C2)n1. The molecule has 0 atom stereocenters. The number of aromatic nitrogens is 2. The molecule has 0 aliphatic heterocycles. The van der Waals surface area contributed by atoms with Gasteiger partial charge in [0.1, 0.15) is 16.8 Å². The number of nitrogens with one attached hydrogen (secondary N) is 1. The lowest BCUT2D eigenvalue weighted by atomic mass is 9.82. The molecule has 1 aromatic rings. The molecule has 0 spiro atoms. The molecule has 82 valence electrons. The molecule has 0 radical (unpaired) electrons. The molecule has 0 aromatic carbocycles. The van der Waals surface area contributed by atoms with Gasteiger partial charge in [-0.25, -0.2) is 9.97 Å². The first-order chi connectivity index (χ1) is 7.17. The lowest BCUT2D eigenvalue weighted by Crippen LogP contribution is -2.34. The van der Waals surface area contributed by atoms with Crippen molar-refractivity contribution in [3.05, 3.63) is 17.0 Å². The smallest absolute Gasteiger partial charge is 0.134 e. The highest BCUT2D eigenvalue weighted by Crippen LogP contribution is 2.29. The van der Waals surface area contributed by atoms with Gasteiger partial charge in [-0.1, -0.05) is 25.4 Å². The van der Waals surface area contributed by atoms with Crippen molar-refractivity contribution in [1.29, 1.82) is 0 Å². The van der Waals surface area contributed by atoms with Crippen LogP contribution in [0.2, 0.25) is 5.15 Å². The Labute approximate surface area is 95.3 Å². The molecular weight excluding hydrogens is 210 g/mol. The van der Waals surface area contributed by atoms with E-state index in [0.717, 1.165) is 24.0 Å². The van der Waals surface area contributed by atoms with E-state index in [2.05, 4.69) is 22.2 Å². The first-order valence-corrected chi connectivity index (χ1v) is 5.85. The van der Waals surface area contributed by atoms with Gasteiger partial charge in [0.15, 0.2) is 0 Å². The maximum atomic E-state index is 5.91. The molecular formula is C11H16ClN3. The summed E-state index contributed by atoms with van der Waals surface area (Å²) >= 11 is 5.91. The third kappa shape index (κ3) is 2.59. The predicted molar refractivity (Wildman–Crippen MR) is 62.2 cm³/mol. The number of nitrogens with zero attached hydrogens (tertiary/aromatic N) is 2. The van der Waals surface area contributed by atoms with Crippen LogP contribution in [-0.2, 0) is 6.42 Å². The number of hydrogen-bond donors (Lipinski definition) is 1. The van der Waals surface area contributed by atoms with Crippen molar-refractivity contribution in [3.8, 4) is 0 Å². The molecule has 4 heteroatoms. The highest BCUT2D eigenvalue weighted by atomic mass is 35.5. The molecule has 1 aliphatic rings. The number of aryl methyl sites for hydroxylation is 1. The van der Waals surface area contributed by atoms with Crippen molar-refractivity contribution in [3.63, 3.8) is 0 Å². The van der Waals surface area contributed by atoms with Crippen LogP contribution < -0.4 is 5.32 Å². The summed E-state index contributed by atoms with van der Waals surface area (Å²) in [6.07, 6.45) is 3.27. The minimum Gasteiger partial charge on any atom is -0.367 e. The molecule has 3 nitrogen and oxygen atoms in total. The Hall–Kier alpha value is -0.830. The van der Waals surface area contributed by atoms with Gasteiger partial charge in [0.2, 0.25) is 0 Å². The van der Waals surface area contributed by atoms with Crippen LogP contribution in [0.15, 0.2) is 6.07 Å². The molecule has 1 N–H and O–H groups in total. The molecule has 0 amide bonds. The van der Waals surface area contributed by atoms with Gasteiger partial charge in [-0.2, -0.15) is 0 Å². The fourth-order valence-electron chi connectivity index (χ4n) is 1.93. The largest absolute Gasteiger partial charge is 0.367 e. The van der Waals surface area contributed by atoms with Crippen LogP contribution in [0.3, 0.4) is 0 Å². The number of hydrogen-bond acceptors (Lipinski definition) is 3. The summed E-state index contributed by atoms with van der Waals surface area (Å²) in [4.78, 5) is 8.52. The molecule has 1 aromatic heterocycles. The number of rotatable bonds is 3. The summed E-state index contributed by atoms with van der Waals surface area (Å²) in [6, 6.07) is 2.36. The van der Waals surface area contributed by atoms with Crippen LogP contribution in [0.1, 0.15) is 32.5 Å².